The molecule has 34 heavy (non-hydrogen) atoms. The Balaban J connectivity index is 1.30. The second-order valence-electron chi connectivity index (χ2n) is 7.69. The number of ether oxygens (including phenoxy) is 3. The van der Waals surface area contributed by atoms with Gasteiger partial charge in [-0.05, 0) is 36.8 Å². The van der Waals surface area contributed by atoms with E-state index in [1.807, 2.05) is 30.3 Å². The van der Waals surface area contributed by atoms with E-state index >= 15 is 0 Å². The van der Waals surface area contributed by atoms with Crippen LogP contribution >= 0.6 is 11.8 Å². The van der Waals surface area contributed by atoms with E-state index in [2.05, 4.69) is 17.2 Å². The van der Waals surface area contributed by atoms with Crippen molar-refractivity contribution < 1.29 is 19.0 Å². The lowest BCUT2D eigenvalue weighted by Crippen LogP contribution is -2.14. The molecule has 1 N–H and O–H groups in total. The number of unbranched alkanes of at least 4 members (excludes halogenated alkanes) is 1. The number of fused-ring (bicyclic) bond motifs is 2. The van der Waals surface area contributed by atoms with Crippen LogP contribution in [0.1, 0.15) is 19.8 Å². The highest BCUT2D eigenvalue weighted by Gasteiger charge is 2.16. The van der Waals surface area contributed by atoms with Crippen LogP contribution in [0.2, 0.25) is 0 Å². The summed E-state index contributed by atoms with van der Waals surface area (Å²) in [5.74, 6) is 2.18. The Bertz CT molecular complexity index is 1320. The molecule has 0 saturated heterocycles. The first kappa shape index (κ1) is 22.1. The van der Waals surface area contributed by atoms with Gasteiger partial charge in [-0.25, -0.2) is 9.50 Å². The molecule has 174 valence electrons. The third-order valence-electron chi connectivity index (χ3n) is 5.27. The zero-order chi connectivity index (χ0) is 23.3. The number of para-hydroxylation sites is 1. The van der Waals surface area contributed by atoms with Gasteiger partial charge in [0, 0.05) is 29.7 Å². The van der Waals surface area contributed by atoms with Crippen LogP contribution in [0.15, 0.2) is 66.0 Å². The second-order valence-corrected chi connectivity index (χ2v) is 8.66. The van der Waals surface area contributed by atoms with Gasteiger partial charge in [0.05, 0.1) is 23.6 Å². The largest absolute Gasteiger partial charge is 0.493 e. The van der Waals surface area contributed by atoms with Gasteiger partial charge < -0.3 is 19.5 Å². The Morgan fingerprint density at radius 1 is 1.18 bits per heavy atom. The van der Waals surface area contributed by atoms with E-state index < -0.39 is 0 Å². The molecular formula is C25H24N4O4S. The van der Waals surface area contributed by atoms with Crippen LogP contribution in [-0.2, 0) is 4.79 Å². The Kier molecular flexibility index (Phi) is 6.53. The van der Waals surface area contributed by atoms with Crippen LogP contribution in [0.25, 0.3) is 16.8 Å². The number of carbonyl (C=O) groups is 1. The van der Waals surface area contributed by atoms with Crippen molar-refractivity contribution in [1.29, 1.82) is 0 Å². The number of carbonyl (C=O) groups excluding carboxylic acids is 1. The Hall–Kier alpha value is -3.72. The minimum absolute atomic E-state index is 0.137. The Labute approximate surface area is 201 Å². The number of hydrogen-bond acceptors (Lipinski definition) is 7. The number of aromatic nitrogens is 3. The van der Waals surface area contributed by atoms with Gasteiger partial charge in [-0.3, -0.25) is 4.79 Å². The third-order valence-corrected chi connectivity index (χ3v) is 6.26. The molecule has 3 heterocycles. The number of hydrogen-bond donors (Lipinski definition) is 1. The topological polar surface area (TPSA) is 87.0 Å². The minimum Gasteiger partial charge on any atom is -0.493 e. The molecule has 0 saturated carbocycles. The molecule has 0 bridgehead atoms. The van der Waals surface area contributed by atoms with Gasteiger partial charge >= 0.3 is 0 Å². The highest BCUT2D eigenvalue weighted by molar-refractivity contribution is 8.00. The van der Waals surface area contributed by atoms with E-state index in [4.69, 9.17) is 19.3 Å². The normalized spacial score (nSPS) is 12.1. The van der Waals surface area contributed by atoms with Crippen molar-refractivity contribution >= 4 is 28.9 Å². The molecule has 0 unspecified atom stereocenters. The Morgan fingerprint density at radius 3 is 2.97 bits per heavy atom. The number of benzene rings is 2. The van der Waals surface area contributed by atoms with Gasteiger partial charge in [0.15, 0.2) is 11.5 Å². The van der Waals surface area contributed by atoms with Gasteiger partial charge in [0.2, 0.25) is 12.7 Å². The summed E-state index contributed by atoms with van der Waals surface area (Å²) >= 11 is 1.36. The maximum Gasteiger partial charge on any atom is 0.234 e. The molecule has 8 nitrogen and oxygen atoms in total. The van der Waals surface area contributed by atoms with Gasteiger partial charge in [0.25, 0.3) is 0 Å². The number of anilines is 1. The average molecular weight is 477 g/mol. The van der Waals surface area contributed by atoms with Crippen LogP contribution in [0.3, 0.4) is 0 Å². The van der Waals surface area contributed by atoms with Crippen LogP contribution in [-0.4, -0.2) is 39.7 Å². The first-order valence-corrected chi connectivity index (χ1v) is 12.1. The number of nitrogens with one attached hydrogen (secondary N) is 1. The van der Waals surface area contributed by atoms with Crippen molar-refractivity contribution in [2.24, 2.45) is 0 Å². The van der Waals surface area contributed by atoms with Gasteiger partial charge in [-0.15, -0.1) is 0 Å². The van der Waals surface area contributed by atoms with Gasteiger partial charge in [0.1, 0.15) is 10.8 Å². The summed E-state index contributed by atoms with van der Waals surface area (Å²) in [6, 6.07) is 15.2. The molecule has 1 aliphatic rings. The molecule has 1 aliphatic heterocycles. The predicted octanol–water partition coefficient (Wildman–Crippen LogP) is 5.03. The summed E-state index contributed by atoms with van der Waals surface area (Å²) in [5.41, 5.74) is 3.22. The summed E-state index contributed by atoms with van der Waals surface area (Å²) in [6.45, 7) is 3.00. The highest BCUT2D eigenvalue weighted by Crippen LogP contribution is 2.35. The molecule has 4 aromatic rings. The summed E-state index contributed by atoms with van der Waals surface area (Å²) < 4.78 is 18.4. The SMILES string of the molecule is CCCCOc1ccccc1-c1cc2c(SCC(=O)Nc3ccc4c(c3)OCO4)nccn2n1. The fraction of sp³-hybridized carbons (Fsp3) is 0.240. The van der Waals surface area contributed by atoms with Gasteiger partial charge in [-0.1, -0.05) is 37.2 Å². The van der Waals surface area contributed by atoms with E-state index in [9.17, 15) is 4.79 Å². The summed E-state index contributed by atoms with van der Waals surface area (Å²) in [7, 11) is 0. The van der Waals surface area contributed by atoms with Gasteiger partial charge in [-0.2, -0.15) is 5.10 Å². The average Bonchev–Trinajstić information content (AvgIpc) is 3.50. The van der Waals surface area contributed by atoms with Crippen LogP contribution in [0, 0.1) is 0 Å². The zero-order valence-corrected chi connectivity index (χ0v) is 19.5. The quantitative estimate of drug-likeness (QED) is 0.268. The van der Waals surface area contributed by atoms with Crippen LogP contribution < -0.4 is 19.5 Å². The molecule has 0 spiro atoms. The highest BCUT2D eigenvalue weighted by atomic mass is 32.2. The second kappa shape index (κ2) is 10.0. The van der Waals surface area contributed by atoms with Crippen molar-refractivity contribution in [3.63, 3.8) is 0 Å². The molecule has 2 aromatic carbocycles. The summed E-state index contributed by atoms with van der Waals surface area (Å²) in [6.07, 6.45) is 5.56. The molecule has 9 heteroatoms. The molecular weight excluding hydrogens is 452 g/mol. The molecule has 0 fully saturated rings. The van der Waals surface area contributed by atoms with E-state index in [0.717, 1.165) is 40.4 Å². The molecule has 0 radical (unpaired) electrons. The number of amides is 1. The van der Waals surface area contributed by atoms with Crippen molar-refractivity contribution in [2.45, 2.75) is 24.8 Å². The molecule has 2 aromatic heterocycles. The predicted molar refractivity (Wildman–Crippen MR) is 131 cm³/mol. The molecule has 1 amide bonds. The first-order chi connectivity index (χ1) is 16.7. The summed E-state index contributed by atoms with van der Waals surface area (Å²) in [5, 5.41) is 8.34. The van der Waals surface area contributed by atoms with E-state index in [-0.39, 0.29) is 18.5 Å². The lowest BCUT2D eigenvalue weighted by atomic mass is 10.1. The third kappa shape index (κ3) is 4.79. The first-order valence-electron chi connectivity index (χ1n) is 11.1. The number of rotatable bonds is 9. The molecule has 0 aliphatic carbocycles. The minimum atomic E-state index is -0.137. The van der Waals surface area contributed by atoms with Crippen molar-refractivity contribution in [2.75, 3.05) is 24.5 Å². The zero-order valence-electron chi connectivity index (χ0n) is 18.7. The monoisotopic (exact) mass is 476 g/mol. The van der Waals surface area contributed by atoms with E-state index in [0.29, 0.717) is 23.8 Å². The van der Waals surface area contributed by atoms with Crippen LogP contribution in [0.5, 0.6) is 17.2 Å². The summed E-state index contributed by atoms with van der Waals surface area (Å²) in [4.78, 5) is 17.0. The smallest absolute Gasteiger partial charge is 0.234 e. The fourth-order valence-electron chi connectivity index (χ4n) is 3.58. The molecule has 0 atom stereocenters. The maximum absolute atomic E-state index is 12.5. The van der Waals surface area contributed by atoms with E-state index in [1.165, 1.54) is 11.8 Å². The van der Waals surface area contributed by atoms with Crippen molar-refractivity contribution in [1.82, 2.24) is 14.6 Å². The lowest BCUT2D eigenvalue weighted by Gasteiger charge is -2.09. The van der Waals surface area contributed by atoms with E-state index in [1.54, 1.807) is 35.1 Å². The fourth-order valence-corrected chi connectivity index (χ4v) is 4.35. The van der Waals surface area contributed by atoms with Crippen molar-refractivity contribution in [3.05, 3.63) is 60.9 Å². The number of nitrogens with zero attached hydrogens (tertiary/aromatic N) is 3. The van der Waals surface area contributed by atoms with Crippen LogP contribution in [0.4, 0.5) is 5.69 Å². The maximum atomic E-state index is 12.5. The number of thioether (sulfide) groups is 1. The lowest BCUT2D eigenvalue weighted by molar-refractivity contribution is -0.113. The Morgan fingerprint density at radius 2 is 2.06 bits per heavy atom. The standard InChI is InChI=1S/C25H24N4O4S/c1-2-3-12-31-21-7-5-4-6-18(21)19-14-20-25(26-10-11-29(20)28-19)34-15-24(30)27-17-8-9-22-23(13-17)33-16-32-22/h4-11,13-14H,2-3,12,15-16H2,1H3,(H,27,30). The van der Waals surface area contributed by atoms with Crippen molar-refractivity contribution in [3.8, 4) is 28.5 Å². The molecule has 5 rings (SSSR count).